The van der Waals surface area contributed by atoms with Gasteiger partial charge in [-0.25, -0.2) is 4.99 Å². The molecule has 0 fully saturated rings. The molecule has 0 aliphatic heterocycles. The summed E-state index contributed by atoms with van der Waals surface area (Å²) in [6.45, 7) is 7.60. The fourth-order valence-corrected chi connectivity index (χ4v) is 3.01. The Balaban J connectivity index is 1.96. The summed E-state index contributed by atoms with van der Waals surface area (Å²) in [4.78, 5) is 7.18. The van der Waals surface area contributed by atoms with Crippen LogP contribution in [0.3, 0.4) is 0 Å². The third kappa shape index (κ3) is 5.11. The van der Waals surface area contributed by atoms with Crippen LogP contribution in [0.15, 0.2) is 39.9 Å². The van der Waals surface area contributed by atoms with E-state index in [0.717, 1.165) is 13.0 Å². The Bertz CT molecular complexity index is 618. The summed E-state index contributed by atoms with van der Waals surface area (Å²) in [7, 11) is 0. The first-order chi connectivity index (χ1) is 11.0. The smallest absolute Gasteiger partial charge is 0.191 e. The summed E-state index contributed by atoms with van der Waals surface area (Å²) in [5, 5.41) is 16.8. The van der Waals surface area contributed by atoms with Crippen molar-refractivity contribution in [1.82, 2.24) is 10.6 Å². The molecule has 5 nitrogen and oxygen atoms in total. The maximum atomic E-state index is 10.5. The molecule has 2 aromatic rings. The largest absolute Gasteiger partial charge is 0.466 e. The number of nitrogens with one attached hydrogen (secondary N) is 2. The average Bonchev–Trinajstić information content (AvgIpc) is 3.21. The molecular weight excluding hydrogens is 310 g/mol. The Morgan fingerprint density at radius 3 is 2.65 bits per heavy atom. The zero-order chi connectivity index (χ0) is 16.7. The molecule has 2 heterocycles. The molecular formula is C17H25N3O2S. The molecule has 0 saturated carbocycles. The summed E-state index contributed by atoms with van der Waals surface area (Å²) >= 11 is 1.79. The normalized spacial score (nSPS) is 14.5. The predicted molar refractivity (Wildman–Crippen MR) is 94.8 cm³/mol. The van der Waals surface area contributed by atoms with Crippen molar-refractivity contribution in [3.63, 3.8) is 0 Å². The van der Waals surface area contributed by atoms with Crippen LogP contribution in [-0.2, 0) is 18.6 Å². The number of furan rings is 1. The number of hydrogen-bond acceptors (Lipinski definition) is 4. The number of rotatable bonds is 7. The second kappa shape index (κ2) is 8.17. The van der Waals surface area contributed by atoms with Crippen LogP contribution < -0.4 is 10.6 Å². The van der Waals surface area contributed by atoms with E-state index in [0.29, 0.717) is 24.8 Å². The highest BCUT2D eigenvalue weighted by Crippen LogP contribution is 2.20. The lowest BCUT2D eigenvalue weighted by atomic mass is 10.0. The van der Waals surface area contributed by atoms with Gasteiger partial charge in [0.05, 0.1) is 19.4 Å². The first-order valence-electron chi connectivity index (χ1n) is 7.91. The summed E-state index contributed by atoms with van der Waals surface area (Å²) in [5.74, 6) is 1.22. The quantitative estimate of drug-likeness (QED) is 0.537. The van der Waals surface area contributed by atoms with Crippen molar-refractivity contribution < 1.29 is 9.52 Å². The van der Waals surface area contributed by atoms with Crippen LogP contribution in [0.25, 0.3) is 0 Å². The maximum Gasteiger partial charge on any atom is 0.191 e. The van der Waals surface area contributed by atoms with Gasteiger partial charge in [0.1, 0.15) is 11.4 Å². The van der Waals surface area contributed by atoms with Crippen LogP contribution >= 0.6 is 11.3 Å². The molecule has 3 N–H and O–H groups in total. The van der Waals surface area contributed by atoms with Crippen molar-refractivity contribution in [3.8, 4) is 0 Å². The lowest BCUT2D eigenvalue weighted by Crippen LogP contribution is -2.44. The molecule has 126 valence electrons. The standard InChI is InChI=1S/C17H25N3O2S/c1-4-13-8-9-14(23-13)11-19-16(18-5-2)20-12-17(3,21)15-7-6-10-22-15/h6-10,21H,4-5,11-12H2,1-3H3,(H2,18,19,20). The van der Waals surface area contributed by atoms with Gasteiger partial charge < -0.3 is 20.2 Å². The number of aryl methyl sites for hydroxylation is 1. The molecule has 2 rings (SSSR count). The zero-order valence-electron chi connectivity index (χ0n) is 13.9. The topological polar surface area (TPSA) is 69.8 Å². The van der Waals surface area contributed by atoms with Crippen molar-refractivity contribution in [2.75, 3.05) is 13.1 Å². The number of aliphatic imine (C=N–C) groups is 1. The van der Waals surface area contributed by atoms with Crippen molar-refractivity contribution >= 4 is 17.3 Å². The van der Waals surface area contributed by atoms with Crippen LogP contribution in [0.5, 0.6) is 0 Å². The van der Waals surface area contributed by atoms with Crippen LogP contribution in [0.4, 0.5) is 0 Å². The van der Waals surface area contributed by atoms with E-state index in [2.05, 4.69) is 34.7 Å². The first kappa shape index (κ1) is 17.6. The molecule has 2 aromatic heterocycles. The fourth-order valence-electron chi connectivity index (χ4n) is 2.12. The lowest BCUT2D eigenvalue weighted by Gasteiger charge is -2.22. The minimum atomic E-state index is -1.09. The van der Waals surface area contributed by atoms with Gasteiger partial charge in [-0.3, -0.25) is 0 Å². The van der Waals surface area contributed by atoms with E-state index in [9.17, 15) is 5.11 Å². The van der Waals surface area contributed by atoms with Gasteiger partial charge in [0, 0.05) is 16.3 Å². The Morgan fingerprint density at radius 2 is 2.04 bits per heavy atom. The van der Waals surface area contributed by atoms with Gasteiger partial charge in [-0.1, -0.05) is 6.92 Å². The molecule has 0 bridgehead atoms. The SMILES string of the molecule is CCNC(=NCc1ccc(CC)s1)NCC(C)(O)c1ccco1. The van der Waals surface area contributed by atoms with E-state index in [-0.39, 0.29) is 0 Å². The number of hydrogen-bond donors (Lipinski definition) is 3. The third-order valence-corrected chi connectivity index (χ3v) is 4.67. The zero-order valence-corrected chi connectivity index (χ0v) is 14.7. The molecule has 0 radical (unpaired) electrons. The number of thiophene rings is 1. The van der Waals surface area contributed by atoms with Crippen LogP contribution in [-0.4, -0.2) is 24.2 Å². The third-order valence-electron chi connectivity index (χ3n) is 3.46. The molecule has 23 heavy (non-hydrogen) atoms. The lowest BCUT2D eigenvalue weighted by molar-refractivity contribution is 0.0386. The number of guanidine groups is 1. The van der Waals surface area contributed by atoms with Crippen LogP contribution in [0.1, 0.15) is 36.3 Å². The second-order valence-corrected chi connectivity index (χ2v) is 6.77. The van der Waals surface area contributed by atoms with Crippen molar-refractivity contribution in [3.05, 3.63) is 46.0 Å². The monoisotopic (exact) mass is 335 g/mol. The highest BCUT2D eigenvalue weighted by molar-refractivity contribution is 7.11. The summed E-state index contributed by atoms with van der Waals surface area (Å²) in [6, 6.07) is 7.81. The fraction of sp³-hybridized carbons (Fsp3) is 0.471. The molecule has 0 aliphatic carbocycles. The van der Waals surface area contributed by atoms with Gasteiger partial charge in [0.25, 0.3) is 0 Å². The Kier molecular flexibility index (Phi) is 6.24. The van der Waals surface area contributed by atoms with Gasteiger partial charge >= 0.3 is 0 Å². The Morgan fingerprint density at radius 1 is 1.26 bits per heavy atom. The molecule has 0 spiro atoms. The van der Waals surface area contributed by atoms with Crippen molar-refractivity contribution in [1.29, 1.82) is 0 Å². The molecule has 0 amide bonds. The van der Waals surface area contributed by atoms with E-state index in [4.69, 9.17) is 4.42 Å². The minimum absolute atomic E-state index is 0.316. The Hall–Kier alpha value is -1.79. The van der Waals surface area contributed by atoms with Crippen molar-refractivity contribution in [2.24, 2.45) is 4.99 Å². The van der Waals surface area contributed by atoms with Gasteiger partial charge in [0.2, 0.25) is 0 Å². The highest BCUT2D eigenvalue weighted by atomic mass is 32.1. The van der Waals surface area contributed by atoms with E-state index >= 15 is 0 Å². The molecule has 0 aliphatic rings. The van der Waals surface area contributed by atoms with E-state index in [1.54, 1.807) is 36.7 Å². The maximum absolute atomic E-state index is 10.5. The first-order valence-corrected chi connectivity index (χ1v) is 8.73. The number of aliphatic hydroxyl groups is 1. The van der Waals surface area contributed by atoms with E-state index in [1.807, 2.05) is 6.92 Å². The van der Waals surface area contributed by atoms with Gasteiger partial charge in [-0.15, -0.1) is 11.3 Å². The van der Waals surface area contributed by atoms with Gasteiger partial charge in [-0.05, 0) is 44.5 Å². The molecule has 1 unspecified atom stereocenters. The average molecular weight is 335 g/mol. The van der Waals surface area contributed by atoms with Gasteiger partial charge in [-0.2, -0.15) is 0 Å². The Labute approximate surface area is 141 Å². The van der Waals surface area contributed by atoms with Crippen LogP contribution in [0, 0.1) is 0 Å². The van der Waals surface area contributed by atoms with Crippen molar-refractivity contribution in [2.45, 2.75) is 39.3 Å². The summed E-state index contributed by atoms with van der Waals surface area (Å²) < 4.78 is 5.29. The molecule has 1 atom stereocenters. The van der Waals surface area contributed by atoms with E-state index in [1.165, 1.54) is 9.75 Å². The molecule has 0 aromatic carbocycles. The van der Waals surface area contributed by atoms with Crippen LogP contribution in [0.2, 0.25) is 0 Å². The minimum Gasteiger partial charge on any atom is -0.466 e. The predicted octanol–water partition coefficient (Wildman–Crippen LogP) is 2.87. The second-order valence-electron chi connectivity index (χ2n) is 5.52. The molecule has 0 saturated heterocycles. The van der Waals surface area contributed by atoms with E-state index < -0.39 is 5.60 Å². The summed E-state index contributed by atoms with van der Waals surface area (Å²) in [6.07, 6.45) is 2.61. The highest BCUT2D eigenvalue weighted by Gasteiger charge is 2.26. The number of nitrogens with zero attached hydrogens (tertiary/aromatic N) is 1. The summed E-state index contributed by atoms with van der Waals surface area (Å²) in [5.41, 5.74) is -1.09. The van der Waals surface area contributed by atoms with Gasteiger partial charge in [0.15, 0.2) is 5.96 Å². The molecule has 6 heteroatoms.